The highest BCUT2D eigenvalue weighted by Crippen LogP contribution is 2.35. The van der Waals surface area contributed by atoms with Crippen LogP contribution in [0.2, 0.25) is 0 Å². The predicted octanol–water partition coefficient (Wildman–Crippen LogP) is 7.24. The molecular formula is C26H35N3. The highest BCUT2D eigenvalue weighted by molar-refractivity contribution is 6.01. The summed E-state index contributed by atoms with van der Waals surface area (Å²) in [5.74, 6) is 0.842. The van der Waals surface area contributed by atoms with Crippen LogP contribution in [0.1, 0.15) is 88.7 Å². The summed E-state index contributed by atoms with van der Waals surface area (Å²) in [6, 6.07) is 12.6. The Balaban J connectivity index is 2.40. The minimum absolute atomic E-state index is 0.421. The Hall–Kier alpha value is -2.55. The molecule has 0 aliphatic rings. The molecule has 0 unspecified atom stereocenters. The van der Waals surface area contributed by atoms with Crippen LogP contribution in [0.4, 0.5) is 5.69 Å². The van der Waals surface area contributed by atoms with Crippen molar-refractivity contribution >= 4 is 17.1 Å². The van der Waals surface area contributed by atoms with Crippen molar-refractivity contribution in [2.75, 3.05) is 6.54 Å². The number of hydrogen-bond acceptors (Lipinski definition) is 3. The van der Waals surface area contributed by atoms with Gasteiger partial charge in [-0.1, -0.05) is 58.0 Å². The molecule has 0 fully saturated rings. The first-order chi connectivity index (χ1) is 13.8. The minimum Gasteiger partial charge on any atom is -0.288 e. The molecule has 0 bridgehead atoms. The standard InChI is InChI=1S/C26H35N3/c1-8-9-10-17-27-20(6)24-15-12-16-25(29-24)21(7)28-26-22(18(2)3)13-11-14-23(26)19(4)5/h8,11-16,18-19H,1,9-10,17H2,2-7H3. The van der Waals surface area contributed by atoms with Crippen LogP contribution in [-0.2, 0) is 0 Å². The van der Waals surface area contributed by atoms with Crippen LogP contribution in [0.15, 0.2) is 59.0 Å². The van der Waals surface area contributed by atoms with Gasteiger partial charge in [0.05, 0.1) is 28.5 Å². The van der Waals surface area contributed by atoms with E-state index in [-0.39, 0.29) is 0 Å². The van der Waals surface area contributed by atoms with Crippen LogP contribution in [0, 0.1) is 0 Å². The van der Waals surface area contributed by atoms with Crippen LogP contribution < -0.4 is 0 Å². The zero-order valence-corrected chi connectivity index (χ0v) is 18.9. The second-order valence-corrected chi connectivity index (χ2v) is 8.10. The van der Waals surface area contributed by atoms with Gasteiger partial charge in [0.1, 0.15) is 0 Å². The van der Waals surface area contributed by atoms with Gasteiger partial charge >= 0.3 is 0 Å². The summed E-state index contributed by atoms with van der Waals surface area (Å²) in [6.45, 7) is 17.5. The lowest BCUT2D eigenvalue weighted by Crippen LogP contribution is -2.06. The van der Waals surface area contributed by atoms with Crippen molar-refractivity contribution in [1.82, 2.24) is 4.98 Å². The molecule has 0 radical (unpaired) electrons. The third-order valence-corrected chi connectivity index (χ3v) is 5.03. The number of nitrogens with zero attached hydrogens (tertiary/aromatic N) is 3. The summed E-state index contributed by atoms with van der Waals surface area (Å²) >= 11 is 0. The average molecular weight is 390 g/mol. The van der Waals surface area contributed by atoms with Crippen molar-refractivity contribution in [2.45, 2.75) is 66.2 Å². The number of hydrogen-bond donors (Lipinski definition) is 0. The van der Waals surface area contributed by atoms with Crippen molar-refractivity contribution in [1.29, 1.82) is 0 Å². The Kier molecular flexibility index (Phi) is 8.50. The number of benzene rings is 1. The summed E-state index contributed by atoms with van der Waals surface area (Å²) in [7, 11) is 0. The van der Waals surface area contributed by atoms with Gasteiger partial charge in [-0.2, -0.15) is 0 Å². The smallest absolute Gasteiger partial charge is 0.0849 e. The number of pyridine rings is 1. The van der Waals surface area contributed by atoms with Crippen LogP contribution in [-0.4, -0.2) is 23.0 Å². The molecule has 3 nitrogen and oxygen atoms in total. The summed E-state index contributed by atoms with van der Waals surface area (Å²) in [6.07, 6.45) is 3.94. The third-order valence-electron chi connectivity index (χ3n) is 5.03. The molecule has 0 N–H and O–H groups in total. The fraction of sp³-hybridized carbons (Fsp3) is 0.423. The van der Waals surface area contributed by atoms with Gasteiger partial charge in [0.25, 0.3) is 0 Å². The van der Waals surface area contributed by atoms with Crippen molar-refractivity contribution in [2.24, 2.45) is 9.98 Å². The maximum Gasteiger partial charge on any atom is 0.0849 e. The highest BCUT2D eigenvalue weighted by Gasteiger charge is 2.14. The molecule has 1 aromatic heterocycles. The van der Waals surface area contributed by atoms with Crippen LogP contribution in [0.3, 0.4) is 0 Å². The first-order valence-electron chi connectivity index (χ1n) is 10.6. The molecule has 0 saturated heterocycles. The fourth-order valence-corrected chi connectivity index (χ4v) is 3.27. The molecule has 1 aromatic carbocycles. The van der Waals surface area contributed by atoms with Crippen LogP contribution in [0.5, 0.6) is 0 Å². The van der Waals surface area contributed by atoms with Gasteiger partial charge in [-0.25, -0.2) is 4.98 Å². The Morgan fingerprint density at radius 1 is 0.931 bits per heavy atom. The largest absolute Gasteiger partial charge is 0.288 e. The number of allylic oxidation sites excluding steroid dienone is 1. The molecule has 0 aliphatic heterocycles. The zero-order valence-electron chi connectivity index (χ0n) is 18.9. The van der Waals surface area contributed by atoms with Crippen LogP contribution >= 0.6 is 0 Å². The van der Waals surface area contributed by atoms with E-state index in [2.05, 4.69) is 57.5 Å². The Bertz CT molecular complexity index is 862. The third kappa shape index (κ3) is 6.22. The van der Waals surface area contributed by atoms with Crippen molar-refractivity contribution in [3.63, 3.8) is 0 Å². The van der Waals surface area contributed by atoms with Gasteiger partial charge in [0, 0.05) is 6.54 Å². The maximum atomic E-state index is 5.06. The van der Waals surface area contributed by atoms with Gasteiger partial charge in [0.2, 0.25) is 0 Å². The van der Waals surface area contributed by atoms with E-state index in [1.165, 1.54) is 11.1 Å². The van der Waals surface area contributed by atoms with Gasteiger partial charge in [0.15, 0.2) is 0 Å². The molecule has 0 spiro atoms. The second kappa shape index (κ2) is 10.8. The summed E-state index contributed by atoms with van der Waals surface area (Å²) in [5.41, 5.74) is 7.37. The SMILES string of the molecule is C=CCCCN=C(C)c1cccc(C(C)=Nc2c(C(C)C)cccc2C(C)C)n1. The highest BCUT2D eigenvalue weighted by atomic mass is 14.8. The monoisotopic (exact) mass is 389 g/mol. The number of aliphatic imine (C=N–C) groups is 2. The lowest BCUT2D eigenvalue weighted by Gasteiger charge is -2.17. The molecule has 0 amide bonds. The van der Waals surface area contributed by atoms with E-state index in [1.807, 2.05) is 38.1 Å². The van der Waals surface area contributed by atoms with E-state index >= 15 is 0 Å². The Labute approximate surface area is 176 Å². The molecule has 2 rings (SSSR count). The molecule has 0 atom stereocenters. The number of unbranched alkanes of at least 4 members (excludes halogenated alkanes) is 1. The molecular weight excluding hydrogens is 354 g/mol. The minimum atomic E-state index is 0.421. The van der Waals surface area contributed by atoms with Gasteiger partial charge in [-0.3, -0.25) is 9.98 Å². The molecule has 3 heteroatoms. The lowest BCUT2D eigenvalue weighted by atomic mass is 9.93. The van der Waals surface area contributed by atoms with Gasteiger partial charge < -0.3 is 0 Å². The average Bonchev–Trinajstić information content (AvgIpc) is 2.70. The zero-order chi connectivity index (χ0) is 21.4. The molecule has 29 heavy (non-hydrogen) atoms. The first kappa shape index (κ1) is 22.7. The molecule has 2 aromatic rings. The summed E-state index contributed by atoms with van der Waals surface area (Å²) < 4.78 is 0. The van der Waals surface area contributed by atoms with E-state index < -0.39 is 0 Å². The van der Waals surface area contributed by atoms with E-state index in [4.69, 9.17) is 9.98 Å². The van der Waals surface area contributed by atoms with Crippen molar-refractivity contribution < 1.29 is 0 Å². The predicted molar refractivity (Wildman–Crippen MR) is 127 cm³/mol. The molecule has 0 aliphatic carbocycles. The Morgan fingerprint density at radius 2 is 1.48 bits per heavy atom. The van der Waals surface area contributed by atoms with E-state index in [9.17, 15) is 0 Å². The van der Waals surface area contributed by atoms with E-state index in [0.717, 1.165) is 47.9 Å². The van der Waals surface area contributed by atoms with Crippen LogP contribution in [0.25, 0.3) is 0 Å². The topological polar surface area (TPSA) is 37.6 Å². The van der Waals surface area contributed by atoms with E-state index in [1.54, 1.807) is 0 Å². The van der Waals surface area contributed by atoms with Crippen molar-refractivity contribution in [3.8, 4) is 0 Å². The Morgan fingerprint density at radius 3 is 2.03 bits per heavy atom. The summed E-state index contributed by atoms with van der Waals surface area (Å²) in [5, 5.41) is 0. The van der Waals surface area contributed by atoms with Gasteiger partial charge in [-0.15, -0.1) is 6.58 Å². The molecule has 154 valence electrons. The number of aromatic nitrogens is 1. The quantitative estimate of drug-likeness (QED) is 0.253. The molecule has 1 heterocycles. The molecule has 0 saturated carbocycles. The number of rotatable bonds is 9. The van der Waals surface area contributed by atoms with E-state index in [0.29, 0.717) is 11.8 Å². The fourth-order valence-electron chi connectivity index (χ4n) is 3.27. The first-order valence-corrected chi connectivity index (χ1v) is 10.6. The normalized spacial score (nSPS) is 12.7. The number of para-hydroxylation sites is 1. The second-order valence-electron chi connectivity index (χ2n) is 8.10. The maximum absolute atomic E-state index is 5.06. The van der Waals surface area contributed by atoms with Crippen molar-refractivity contribution in [3.05, 3.63) is 71.6 Å². The van der Waals surface area contributed by atoms with Gasteiger partial charge in [-0.05, 0) is 61.8 Å². The summed E-state index contributed by atoms with van der Waals surface area (Å²) in [4.78, 5) is 14.6. The lowest BCUT2D eigenvalue weighted by molar-refractivity contribution is 0.834.